The lowest BCUT2D eigenvalue weighted by Crippen LogP contribution is -2.37. The van der Waals surface area contributed by atoms with Gasteiger partial charge in [0.15, 0.2) is 0 Å². The minimum absolute atomic E-state index is 0.347. The molecule has 4 heteroatoms. The van der Waals surface area contributed by atoms with Gasteiger partial charge in [0.2, 0.25) is 0 Å². The minimum atomic E-state index is 0.347. The van der Waals surface area contributed by atoms with E-state index in [0.29, 0.717) is 12.0 Å². The maximum Gasteiger partial charge on any atom is 0.148 e. The van der Waals surface area contributed by atoms with E-state index in [0.717, 1.165) is 24.5 Å². The van der Waals surface area contributed by atoms with Crippen molar-refractivity contribution >= 4 is 5.82 Å². The van der Waals surface area contributed by atoms with Gasteiger partial charge in [-0.25, -0.2) is 0 Å². The molecule has 0 amide bonds. The number of rotatable bonds is 3. The van der Waals surface area contributed by atoms with Gasteiger partial charge in [0, 0.05) is 12.6 Å². The van der Waals surface area contributed by atoms with Gasteiger partial charge in [-0.1, -0.05) is 12.8 Å². The summed E-state index contributed by atoms with van der Waals surface area (Å²) in [6.45, 7) is 2.85. The van der Waals surface area contributed by atoms with Crippen molar-refractivity contribution < 1.29 is 0 Å². The topological polar surface area (TPSA) is 63.8 Å². The molecule has 0 bridgehead atoms. The summed E-state index contributed by atoms with van der Waals surface area (Å²) in [6, 6.07) is 4.28. The molecule has 1 aliphatic carbocycles. The van der Waals surface area contributed by atoms with Crippen molar-refractivity contribution in [2.24, 2.45) is 11.7 Å². The number of aromatic nitrogens is 2. The number of hydrogen-bond acceptors (Lipinski definition) is 4. The number of aryl methyl sites for hydroxylation is 1. The molecule has 1 aromatic rings. The van der Waals surface area contributed by atoms with Gasteiger partial charge >= 0.3 is 0 Å². The van der Waals surface area contributed by atoms with E-state index in [9.17, 15) is 0 Å². The summed E-state index contributed by atoms with van der Waals surface area (Å²) in [5, 5.41) is 11.4. The highest BCUT2D eigenvalue weighted by Crippen LogP contribution is 2.22. The summed E-state index contributed by atoms with van der Waals surface area (Å²) in [6.07, 6.45) is 4.97. The Labute approximate surface area is 96.6 Å². The minimum Gasteiger partial charge on any atom is -0.368 e. The molecule has 0 aromatic carbocycles. The second kappa shape index (κ2) is 5.25. The van der Waals surface area contributed by atoms with Gasteiger partial charge in [-0.05, 0) is 37.8 Å². The maximum atomic E-state index is 6.09. The highest BCUT2D eigenvalue weighted by molar-refractivity contribution is 5.32. The van der Waals surface area contributed by atoms with Gasteiger partial charge < -0.3 is 11.1 Å². The lowest BCUT2D eigenvalue weighted by molar-refractivity contribution is 0.321. The zero-order chi connectivity index (χ0) is 11.4. The Balaban J connectivity index is 1.84. The number of nitrogens with zero attached hydrogens (tertiary/aromatic N) is 2. The highest BCUT2D eigenvalue weighted by atomic mass is 15.2. The van der Waals surface area contributed by atoms with Crippen LogP contribution in [0.15, 0.2) is 12.1 Å². The first kappa shape index (κ1) is 11.3. The third kappa shape index (κ3) is 2.92. The van der Waals surface area contributed by atoms with Crippen molar-refractivity contribution in [1.29, 1.82) is 0 Å². The van der Waals surface area contributed by atoms with Gasteiger partial charge in [0.25, 0.3) is 0 Å². The number of hydrogen-bond donors (Lipinski definition) is 2. The van der Waals surface area contributed by atoms with E-state index in [1.54, 1.807) is 0 Å². The Hall–Kier alpha value is -1.16. The molecule has 1 aromatic heterocycles. The van der Waals surface area contributed by atoms with E-state index in [2.05, 4.69) is 15.5 Å². The number of nitrogens with two attached hydrogens (primary N) is 1. The average molecular weight is 220 g/mol. The second-order valence-corrected chi connectivity index (χ2v) is 4.65. The van der Waals surface area contributed by atoms with Crippen LogP contribution in [0.1, 0.15) is 31.4 Å². The SMILES string of the molecule is Cc1ccc(NCC2CCCCC2N)nn1. The van der Waals surface area contributed by atoms with Crippen LogP contribution in [0, 0.1) is 12.8 Å². The van der Waals surface area contributed by atoms with Crippen molar-refractivity contribution in [3.63, 3.8) is 0 Å². The molecule has 3 N–H and O–H groups in total. The number of nitrogens with one attached hydrogen (secondary N) is 1. The Bertz CT molecular complexity index is 322. The van der Waals surface area contributed by atoms with Gasteiger partial charge in [-0.3, -0.25) is 0 Å². The summed E-state index contributed by atoms with van der Waals surface area (Å²) in [5.41, 5.74) is 7.04. The number of anilines is 1. The lowest BCUT2D eigenvalue weighted by atomic mass is 9.85. The summed E-state index contributed by atoms with van der Waals surface area (Å²) >= 11 is 0. The summed E-state index contributed by atoms with van der Waals surface area (Å²) < 4.78 is 0. The average Bonchev–Trinajstić information content (AvgIpc) is 2.30. The Morgan fingerprint density at radius 1 is 1.31 bits per heavy atom. The van der Waals surface area contributed by atoms with Crippen LogP contribution in [-0.2, 0) is 0 Å². The third-order valence-corrected chi connectivity index (χ3v) is 3.31. The van der Waals surface area contributed by atoms with Crippen LogP contribution in [0.3, 0.4) is 0 Å². The summed E-state index contributed by atoms with van der Waals surface area (Å²) in [4.78, 5) is 0. The van der Waals surface area contributed by atoms with Crippen molar-refractivity contribution in [1.82, 2.24) is 10.2 Å². The smallest absolute Gasteiger partial charge is 0.148 e. The van der Waals surface area contributed by atoms with E-state index < -0.39 is 0 Å². The van der Waals surface area contributed by atoms with E-state index >= 15 is 0 Å². The summed E-state index contributed by atoms with van der Waals surface area (Å²) in [7, 11) is 0. The molecule has 1 saturated carbocycles. The van der Waals surface area contributed by atoms with Crippen molar-refractivity contribution in [3.8, 4) is 0 Å². The van der Waals surface area contributed by atoms with Crippen LogP contribution in [0.2, 0.25) is 0 Å². The van der Waals surface area contributed by atoms with Crippen LogP contribution in [0.4, 0.5) is 5.82 Å². The molecule has 88 valence electrons. The fourth-order valence-electron chi connectivity index (χ4n) is 2.22. The van der Waals surface area contributed by atoms with Gasteiger partial charge in [-0.2, -0.15) is 5.10 Å². The van der Waals surface area contributed by atoms with Crippen LogP contribution in [0.25, 0.3) is 0 Å². The first-order chi connectivity index (χ1) is 7.75. The van der Waals surface area contributed by atoms with Crippen molar-refractivity contribution in [2.45, 2.75) is 38.6 Å². The van der Waals surface area contributed by atoms with Crippen LogP contribution in [-0.4, -0.2) is 22.8 Å². The van der Waals surface area contributed by atoms with E-state index in [-0.39, 0.29) is 0 Å². The van der Waals surface area contributed by atoms with Gasteiger partial charge in [0.1, 0.15) is 5.82 Å². The van der Waals surface area contributed by atoms with Crippen LogP contribution < -0.4 is 11.1 Å². The molecule has 1 fully saturated rings. The first-order valence-corrected chi connectivity index (χ1v) is 6.05. The molecule has 2 rings (SSSR count). The normalized spacial score (nSPS) is 25.4. The molecular formula is C12H20N4. The van der Waals surface area contributed by atoms with Crippen molar-refractivity contribution in [2.75, 3.05) is 11.9 Å². The molecule has 0 saturated heterocycles. The first-order valence-electron chi connectivity index (χ1n) is 6.05. The molecular weight excluding hydrogens is 200 g/mol. The van der Waals surface area contributed by atoms with Crippen LogP contribution >= 0.6 is 0 Å². The highest BCUT2D eigenvalue weighted by Gasteiger charge is 2.21. The van der Waals surface area contributed by atoms with Crippen LogP contribution in [0.5, 0.6) is 0 Å². The molecule has 0 radical (unpaired) electrons. The molecule has 16 heavy (non-hydrogen) atoms. The molecule has 4 nitrogen and oxygen atoms in total. The fourth-order valence-corrected chi connectivity index (χ4v) is 2.22. The molecule has 0 spiro atoms. The monoisotopic (exact) mass is 220 g/mol. The zero-order valence-corrected chi connectivity index (χ0v) is 9.82. The predicted molar refractivity (Wildman–Crippen MR) is 65.2 cm³/mol. The van der Waals surface area contributed by atoms with Crippen molar-refractivity contribution in [3.05, 3.63) is 17.8 Å². The maximum absolute atomic E-state index is 6.09. The summed E-state index contributed by atoms with van der Waals surface area (Å²) in [5.74, 6) is 1.43. The second-order valence-electron chi connectivity index (χ2n) is 4.65. The molecule has 0 aliphatic heterocycles. The molecule has 1 heterocycles. The Kier molecular flexibility index (Phi) is 3.72. The van der Waals surface area contributed by atoms with E-state index in [1.165, 1.54) is 19.3 Å². The lowest BCUT2D eigenvalue weighted by Gasteiger charge is -2.28. The predicted octanol–water partition coefficient (Wildman–Crippen LogP) is 1.71. The quantitative estimate of drug-likeness (QED) is 0.814. The zero-order valence-electron chi connectivity index (χ0n) is 9.82. The van der Waals surface area contributed by atoms with Gasteiger partial charge in [-0.15, -0.1) is 5.10 Å². The fraction of sp³-hybridized carbons (Fsp3) is 0.667. The van der Waals surface area contributed by atoms with E-state index in [4.69, 9.17) is 5.73 Å². The Morgan fingerprint density at radius 2 is 2.12 bits per heavy atom. The standard InChI is InChI=1S/C12H20N4/c1-9-6-7-12(16-15-9)14-8-10-4-2-3-5-11(10)13/h6-7,10-11H,2-5,8,13H2,1H3,(H,14,16). The van der Waals surface area contributed by atoms with Gasteiger partial charge in [0.05, 0.1) is 5.69 Å². The molecule has 2 unspecified atom stereocenters. The molecule has 2 atom stereocenters. The largest absolute Gasteiger partial charge is 0.368 e. The van der Waals surface area contributed by atoms with E-state index in [1.807, 2.05) is 19.1 Å². The third-order valence-electron chi connectivity index (χ3n) is 3.31. The Morgan fingerprint density at radius 3 is 2.81 bits per heavy atom. The molecule has 1 aliphatic rings.